The Morgan fingerprint density at radius 3 is 2.42 bits per heavy atom. The third-order valence-corrected chi connectivity index (χ3v) is 1.61. The number of anilines is 1. The predicted octanol–water partition coefficient (Wildman–Crippen LogP) is 1.90. The summed E-state index contributed by atoms with van der Waals surface area (Å²) >= 11 is 0. The SMILES string of the molecule is COc1cc(F)cc(N(C)C)c1. The lowest BCUT2D eigenvalue weighted by Gasteiger charge is -2.13. The molecule has 0 fully saturated rings. The summed E-state index contributed by atoms with van der Waals surface area (Å²) in [5.74, 6) is 0.261. The van der Waals surface area contributed by atoms with Gasteiger partial charge in [0.15, 0.2) is 0 Å². The van der Waals surface area contributed by atoms with E-state index in [1.165, 1.54) is 19.2 Å². The second kappa shape index (κ2) is 3.43. The number of benzene rings is 1. The first-order valence-electron chi connectivity index (χ1n) is 3.65. The highest BCUT2D eigenvalue weighted by atomic mass is 19.1. The quantitative estimate of drug-likeness (QED) is 0.670. The molecule has 0 unspecified atom stereocenters. The van der Waals surface area contributed by atoms with Crippen LogP contribution in [0.15, 0.2) is 18.2 Å². The van der Waals surface area contributed by atoms with E-state index in [0.717, 1.165) is 5.69 Å². The average molecular weight is 169 g/mol. The van der Waals surface area contributed by atoms with Crippen molar-refractivity contribution < 1.29 is 9.13 Å². The lowest BCUT2D eigenvalue weighted by molar-refractivity contribution is 0.411. The molecule has 0 spiro atoms. The van der Waals surface area contributed by atoms with Crippen molar-refractivity contribution in [2.45, 2.75) is 0 Å². The summed E-state index contributed by atoms with van der Waals surface area (Å²) in [5.41, 5.74) is 0.798. The second-order valence-corrected chi connectivity index (χ2v) is 2.74. The molecule has 0 amide bonds. The third-order valence-electron chi connectivity index (χ3n) is 1.61. The molecular weight excluding hydrogens is 157 g/mol. The number of methoxy groups -OCH3 is 1. The number of hydrogen-bond acceptors (Lipinski definition) is 2. The smallest absolute Gasteiger partial charge is 0.128 e. The largest absolute Gasteiger partial charge is 0.497 e. The van der Waals surface area contributed by atoms with Crippen molar-refractivity contribution in [1.29, 1.82) is 0 Å². The summed E-state index contributed by atoms with van der Waals surface area (Å²) in [6, 6.07) is 4.60. The topological polar surface area (TPSA) is 12.5 Å². The van der Waals surface area contributed by atoms with Crippen LogP contribution in [0.2, 0.25) is 0 Å². The van der Waals surface area contributed by atoms with Crippen molar-refractivity contribution in [3.8, 4) is 5.75 Å². The van der Waals surface area contributed by atoms with Crippen molar-refractivity contribution >= 4 is 5.69 Å². The van der Waals surface area contributed by atoms with Gasteiger partial charge in [-0.2, -0.15) is 0 Å². The van der Waals surface area contributed by atoms with E-state index in [9.17, 15) is 4.39 Å². The van der Waals surface area contributed by atoms with E-state index in [1.54, 1.807) is 6.07 Å². The Morgan fingerprint density at radius 1 is 1.25 bits per heavy atom. The fourth-order valence-corrected chi connectivity index (χ4v) is 0.924. The fourth-order valence-electron chi connectivity index (χ4n) is 0.924. The van der Waals surface area contributed by atoms with Crippen molar-refractivity contribution in [2.24, 2.45) is 0 Å². The standard InChI is InChI=1S/C9H12FNO/c1-11(2)8-4-7(10)5-9(6-8)12-3/h4-6H,1-3H3. The molecule has 0 bridgehead atoms. The summed E-state index contributed by atoms with van der Waals surface area (Å²) in [5, 5.41) is 0. The first-order valence-corrected chi connectivity index (χ1v) is 3.65. The summed E-state index contributed by atoms with van der Waals surface area (Å²) in [7, 11) is 5.23. The van der Waals surface area contributed by atoms with Crippen LogP contribution in [0.25, 0.3) is 0 Å². The Kier molecular flexibility index (Phi) is 2.53. The zero-order valence-corrected chi connectivity index (χ0v) is 7.47. The minimum absolute atomic E-state index is 0.280. The third kappa shape index (κ3) is 1.87. The van der Waals surface area contributed by atoms with Crippen LogP contribution in [0.4, 0.5) is 10.1 Å². The van der Waals surface area contributed by atoms with Gasteiger partial charge in [0, 0.05) is 31.9 Å². The Bertz CT molecular complexity index is 273. The average Bonchev–Trinajstić information content (AvgIpc) is 2.03. The first-order chi connectivity index (χ1) is 5.63. The maximum absolute atomic E-state index is 12.9. The molecule has 12 heavy (non-hydrogen) atoms. The summed E-state index contributed by atoms with van der Waals surface area (Å²) in [6.07, 6.45) is 0. The molecule has 66 valence electrons. The maximum Gasteiger partial charge on any atom is 0.128 e. The lowest BCUT2D eigenvalue weighted by Crippen LogP contribution is -2.08. The second-order valence-electron chi connectivity index (χ2n) is 2.74. The first kappa shape index (κ1) is 8.84. The van der Waals surface area contributed by atoms with Gasteiger partial charge in [-0.25, -0.2) is 4.39 Å². The van der Waals surface area contributed by atoms with E-state index in [-0.39, 0.29) is 5.82 Å². The number of ether oxygens (including phenoxy) is 1. The summed E-state index contributed by atoms with van der Waals surface area (Å²) in [4.78, 5) is 1.82. The minimum atomic E-state index is -0.280. The minimum Gasteiger partial charge on any atom is -0.497 e. The summed E-state index contributed by atoms with van der Waals surface area (Å²) in [6.45, 7) is 0. The van der Waals surface area contributed by atoms with Crippen molar-refractivity contribution in [3.63, 3.8) is 0 Å². The van der Waals surface area contributed by atoms with Gasteiger partial charge in [0.05, 0.1) is 7.11 Å². The zero-order valence-electron chi connectivity index (χ0n) is 7.47. The fraction of sp³-hybridized carbons (Fsp3) is 0.333. The number of rotatable bonds is 2. The van der Waals surface area contributed by atoms with Crippen LogP contribution in [0.5, 0.6) is 5.75 Å². The highest BCUT2D eigenvalue weighted by Crippen LogP contribution is 2.21. The number of nitrogens with zero attached hydrogens (tertiary/aromatic N) is 1. The van der Waals surface area contributed by atoms with E-state index in [0.29, 0.717) is 5.75 Å². The molecule has 1 rings (SSSR count). The monoisotopic (exact) mass is 169 g/mol. The van der Waals surface area contributed by atoms with Gasteiger partial charge >= 0.3 is 0 Å². The molecule has 0 aliphatic carbocycles. The van der Waals surface area contributed by atoms with Crippen LogP contribution < -0.4 is 9.64 Å². The molecule has 0 saturated carbocycles. The molecule has 0 aromatic heterocycles. The number of halogens is 1. The van der Waals surface area contributed by atoms with Crippen LogP contribution in [0.3, 0.4) is 0 Å². The highest BCUT2D eigenvalue weighted by Gasteiger charge is 2.01. The molecule has 0 aliphatic rings. The Balaban J connectivity index is 3.06. The lowest BCUT2D eigenvalue weighted by atomic mass is 10.3. The maximum atomic E-state index is 12.9. The molecule has 0 atom stereocenters. The van der Waals surface area contributed by atoms with Gasteiger partial charge in [0.1, 0.15) is 11.6 Å². The normalized spacial score (nSPS) is 9.67. The molecule has 0 N–H and O–H groups in total. The van der Waals surface area contributed by atoms with Gasteiger partial charge < -0.3 is 9.64 Å². The van der Waals surface area contributed by atoms with Gasteiger partial charge in [-0.3, -0.25) is 0 Å². The molecule has 1 aromatic carbocycles. The molecule has 0 heterocycles. The van der Waals surface area contributed by atoms with E-state index < -0.39 is 0 Å². The highest BCUT2D eigenvalue weighted by molar-refractivity contribution is 5.49. The van der Waals surface area contributed by atoms with Crippen molar-refractivity contribution in [3.05, 3.63) is 24.0 Å². The van der Waals surface area contributed by atoms with Crippen molar-refractivity contribution in [2.75, 3.05) is 26.1 Å². The molecule has 3 heteroatoms. The van der Waals surface area contributed by atoms with E-state index in [1.807, 2.05) is 19.0 Å². The summed E-state index contributed by atoms with van der Waals surface area (Å²) < 4.78 is 17.8. The van der Waals surface area contributed by atoms with Crippen LogP contribution >= 0.6 is 0 Å². The molecule has 0 radical (unpaired) electrons. The zero-order chi connectivity index (χ0) is 9.14. The van der Waals surface area contributed by atoms with Gasteiger partial charge in [0.2, 0.25) is 0 Å². The predicted molar refractivity (Wildman–Crippen MR) is 47.3 cm³/mol. The molecular formula is C9H12FNO. The van der Waals surface area contributed by atoms with Crippen LogP contribution in [-0.2, 0) is 0 Å². The van der Waals surface area contributed by atoms with Crippen LogP contribution in [0, 0.1) is 5.82 Å². The molecule has 2 nitrogen and oxygen atoms in total. The van der Waals surface area contributed by atoms with Crippen LogP contribution in [0.1, 0.15) is 0 Å². The van der Waals surface area contributed by atoms with E-state index in [2.05, 4.69) is 0 Å². The van der Waals surface area contributed by atoms with E-state index in [4.69, 9.17) is 4.74 Å². The van der Waals surface area contributed by atoms with Crippen molar-refractivity contribution in [1.82, 2.24) is 0 Å². The number of hydrogen-bond donors (Lipinski definition) is 0. The molecule has 0 saturated heterocycles. The van der Waals surface area contributed by atoms with Gasteiger partial charge in [0.25, 0.3) is 0 Å². The Labute approximate surface area is 71.6 Å². The molecule has 1 aromatic rings. The van der Waals surface area contributed by atoms with Gasteiger partial charge in [-0.05, 0) is 6.07 Å². The van der Waals surface area contributed by atoms with Gasteiger partial charge in [-0.1, -0.05) is 0 Å². The van der Waals surface area contributed by atoms with Crippen LogP contribution in [-0.4, -0.2) is 21.2 Å². The molecule has 0 aliphatic heterocycles. The van der Waals surface area contributed by atoms with Gasteiger partial charge in [-0.15, -0.1) is 0 Å². The van der Waals surface area contributed by atoms with E-state index >= 15 is 0 Å². The Morgan fingerprint density at radius 2 is 1.92 bits per heavy atom. The Hall–Kier alpha value is -1.25.